The quantitative estimate of drug-likeness (QED) is 0.285. The van der Waals surface area contributed by atoms with Gasteiger partial charge in [-0.1, -0.05) is 12.1 Å². The van der Waals surface area contributed by atoms with Crippen LogP contribution in [-0.4, -0.2) is 37.7 Å². The number of H-pyrrole nitrogens is 1. The molecule has 2 aromatic carbocycles. The maximum absolute atomic E-state index is 12.7. The predicted octanol–water partition coefficient (Wildman–Crippen LogP) is 4.07. The van der Waals surface area contributed by atoms with E-state index in [-0.39, 0.29) is 11.6 Å². The van der Waals surface area contributed by atoms with Crippen LogP contribution in [0.4, 0.5) is 11.6 Å². The number of benzene rings is 2. The number of carbonyl (C=O) groups excluding carboxylic acids is 1. The molecule has 5 rings (SSSR count). The van der Waals surface area contributed by atoms with Gasteiger partial charge in [-0.3, -0.25) is 4.79 Å². The summed E-state index contributed by atoms with van der Waals surface area (Å²) in [5, 5.41) is 12.5. The van der Waals surface area contributed by atoms with Crippen molar-refractivity contribution >= 4 is 28.9 Å². The SMILES string of the molecule is COc1cccc(CNC(=O)c2ccc(-c3ccnc(Nc4ccc(-n5c(C)n[nH]c5=O)cc4)n3)s2)c1. The van der Waals surface area contributed by atoms with Crippen molar-refractivity contribution in [3.05, 3.63) is 99.7 Å². The summed E-state index contributed by atoms with van der Waals surface area (Å²) in [6.07, 6.45) is 1.66. The third-order valence-corrected chi connectivity index (χ3v) is 6.65. The van der Waals surface area contributed by atoms with Crippen molar-refractivity contribution in [2.45, 2.75) is 13.5 Å². The molecule has 0 saturated heterocycles. The molecule has 0 aliphatic heterocycles. The first-order valence-electron chi connectivity index (χ1n) is 11.4. The third kappa shape index (κ3) is 5.41. The number of thiophene rings is 1. The Morgan fingerprint density at radius 3 is 2.70 bits per heavy atom. The maximum Gasteiger partial charge on any atom is 0.347 e. The van der Waals surface area contributed by atoms with E-state index in [0.717, 1.165) is 21.9 Å². The Kier molecular flexibility index (Phi) is 6.77. The average molecular weight is 514 g/mol. The molecular weight excluding hydrogens is 490 g/mol. The fourth-order valence-electron chi connectivity index (χ4n) is 3.71. The largest absolute Gasteiger partial charge is 0.497 e. The Labute approximate surface area is 216 Å². The van der Waals surface area contributed by atoms with E-state index < -0.39 is 0 Å². The highest BCUT2D eigenvalue weighted by molar-refractivity contribution is 7.17. The number of hydrogen-bond donors (Lipinski definition) is 3. The summed E-state index contributed by atoms with van der Waals surface area (Å²) in [4.78, 5) is 35.0. The molecule has 0 aliphatic carbocycles. The Morgan fingerprint density at radius 1 is 1.11 bits per heavy atom. The predicted molar refractivity (Wildman–Crippen MR) is 142 cm³/mol. The van der Waals surface area contributed by atoms with E-state index >= 15 is 0 Å². The first kappa shape index (κ1) is 23.9. The highest BCUT2D eigenvalue weighted by atomic mass is 32.1. The van der Waals surface area contributed by atoms with Crippen molar-refractivity contribution in [3.63, 3.8) is 0 Å². The minimum Gasteiger partial charge on any atom is -0.497 e. The molecule has 0 bridgehead atoms. The van der Waals surface area contributed by atoms with Gasteiger partial charge in [-0.2, -0.15) is 5.10 Å². The molecule has 0 atom stereocenters. The molecule has 3 aromatic heterocycles. The van der Waals surface area contributed by atoms with Gasteiger partial charge >= 0.3 is 5.69 Å². The lowest BCUT2D eigenvalue weighted by Gasteiger charge is -2.08. The zero-order valence-electron chi connectivity index (χ0n) is 20.1. The van der Waals surface area contributed by atoms with E-state index in [1.807, 2.05) is 54.6 Å². The van der Waals surface area contributed by atoms with Gasteiger partial charge in [-0.05, 0) is 67.1 Å². The van der Waals surface area contributed by atoms with Crippen LogP contribution < -0.4 is 21.1 Å². The first-order valence-corrected chi connectivity index (χ1v) is 12.2. The van der Waals surface area contributed by atoms with Crippen molar-refractivity contribution in [2.24, 2.45) is 0 Å². The zero-order valence-corrected chi connectivity index (χ0v) is 20.9. The van der Waals surface area contributed by atoms with E-state index in [0.29, 0.717) is 34.6 Å². The molecule has 1 amide bonds. The topological polar surface area (TPSA) is 127 Å². The first-order chi connectivity index (χ1) is 18.0. The van der Waals surface area contributed by atoms with Crippen LogP contribution in [0.15, 0.2) is 77.7 Å². The molecule has 10 nitrogen and oxygen atoms in total. The number of nitrogens with zero attached hydrogens (tertiary/aromatic N) is 4. The number of aromatic nitrogens is 5. The smallest absolute Gasteiger partial charge is 0.347 e. The molecule has 3 heterocycles. The summed E-state index contributed by atoms with van der Waals surface area (Å²) in [7, 11) is 1.61. The van der Waals surface area contributed by atoms with Crippen molar-refractivity contribution in [1.82, 2.24) is 30.0 Å². The molecule has 5 aromatic rings. The zero-order chi connectivity index (χ0) is 25.8. The van der Waals surface area contributed by atoms with Gasteiger partial charge in [-0.25, -0.2) is 24.4 Å². The Morgan fingerprint density at radius 2 is 1.95 bits per heavy atom. The minimum absolute atomic E-state index is 0.154. The van der Waals surface area contributed by atoms with Gasteiger partial charge in [0.1, 0.15) is 11.6 Å². The summed E-state index contributed by atoms with van der Waals surface area (Å²) in [5.74, 6) is 1.58. The number of methoxy groups -OCH3 is 1. The van der Waals surface area contributed by atoms with Crippen LogP contribution in [0.1, 0.15) is 21.1 Å². The summed E-state index contributed by atoms with van der Waals surface area (Å²) >= 11 is 1.36. The van der Waals surface area contributed by atoms with E-state index in [2.05, 4.69) is 30.8 Å². The molecular formula is C26H23N7O3S. The van der Waals surface area contributed by atoms with Crippen LogP contribution in [0.5, 0.6) is 5.75 Å². The van der Waals surface area contributed by atoms with Crippen molar-refractivity contribution in [1.29, 1.82) is 0 Å². The molecule has 0 unspecified atom stereocenters. The molecule has 186 valence electrons. The number of amides is 1. The van der Waals surface area contributed by atoms with Gasteiger partial charge in [0.15, 0.2) is 0 Å². The van der Waals surface area contributed by atoms with E-state index in [1.165, 1.54) is 15.9 Å². The van der Waals surface area contributed by atoms with Crippen LogP contribution >= 0.6 is 11.3 Å². The normalized spacial score (nSPS) is 10.8. The van der Waals surface area contributed by atoms with Crippen molar-refractivity contribution in [2.75, 3.05) is 12.4 Å². The van der Waals surface area contributed by atoms with E-state index in [1.54, 1.807) is 32.4 Å². The Bertz CT molecular complexity index is 1600. The second-order valence-corrected chi connectivity index (χ2v) is 9.13. The molecule has 0 spiro atoms. The van der Waals surface area contributed by atoms with Gasteiger partial charge < -0.3 is 15.4 Å². The van der Waals surface area contributed by atoms with E-state index in [4.69, 9.17) is 4.74 Å². The second kappa shape index (κ2) is 10.5. The number of ether oxygens (including phenoxy) is 1. The van der Waals surface area contributed by atoms with Crippen LogP contribution in [0.3, 0.4) is 0 Å². The number of aryl methyl sites for hydroxylation is 1. The van der Waals surface area contributed by atoms with Crippen LogP contribution in [-0.2, 0) is 6.54 Å². The lowest BCUT2D eigenvalue weighted by molar-refractivity contribution is 0.0955. The summed E-state index contributed by atoms with van der Waals surface area (Å²) in [6.45, 7) is 2.15. The monoisotopic (exact) mass is 513 g/mol. The minimum atomic E-state index is -0.293. The summed E-state index contributed by atoms with van der Waals surface area (Å²) in [6, 6.07) is 20.3. The average Bonchev–Trinajstić information content (AvgIpc) is 3.55. The van der Waals surface area contributed by atoms with Gasteiger partial charge in [0.25, 0.3) is 5.91 Å². The summed E-state index contributed by atoms with van der Waals surface area (Å²) in [5.41, 5.74) is 2.83. The van der Waals surface area contributed by atoms with Gasteiger partial charge in [-0.15, -0.1) is 11.3 Å². The lowest BCUT2D eigenvalue weighted by atomic mass is 10.2. The Hall–Kier alpha value is -4.77. The number of nitrogens with one attached hydrogen (secondary N) is 3. The standard InChI is InChI=1S/C26H23N7O3S/c1-16-31-32-26(35)33(16)19-8-6-18(7-9-19)29-25-27-13-12-21(30-25)22-10-11-23(37-22)24(34)28-15-17-4-3-5-20(14-17)36-2/h3-14H,15H2,1-2H3,(H,28,34)(H,32,35)(H,27,29,30). The third-order valence-electron chi connectivity index (χ3n) is 5.55. The highest BCUT2D eigenvalue weighted by Gasteiger charge is 2.12. The number of hydrogen-bond acceptors (Lipinski definition) is 8. The highest BCUT2D eigenvalue weighted by Crippen LogP contribution is 2.28. The second-order valence-electron chi connectivity index (χ2n) is 8.05. The molecule has 37 heavy (non-hydrogen) atoms. The molecule has 0 radical (unpaired) electrons. The van der Waals surface area contributed by atoms with Crippen LogP contribution in [0.25, 0.3) is 16.3 Å². The fourth-order valence-corrected chi connectivity index (χ4v) is 4.60. The van der Waals surface area contributed by atoms with Crippen LogP contribution in [0, 0.1) is 6.92 Å². The number of rotatable bonds is 8. The Balaban J connectivity index is 1.25. The van der Waals surface area contributed by atoms with Gasteiger partial charge in [0, 0.05) is 18.4 Å². The van der Waals surface area contributed by atoms with Crippen molar-refractivity contribution in [3.8, 4) is 22.0 Å². The van der Waals surface area contributed by atoms with Gasteiger partial charge in [0.05, 0.1) is 28.2 Å². The number of aromatic amines is 1. The maximum atomic E-state index is 12.7. The number of anilines is 2. The molecule has 0 saturated carbocycles. The van der Waals surface area contributed by atoms with E-state index in [9.17, 15) is 9.59 Å². The molecule has 0 fully saturated rings. The molecule has 3 N–H and O–H groups in total. The van der Waals surface area contributed by atoms with Gasteiger partial charge in [0.2, 0.25) is 5.95 Å². The molecule has 0 aliphatic rings. The number of carbonyl (C=O) groups is 1. The fraction of sp³-hybridized carbons (Fsp3) is 0.115. The van der Waals surface area contributed by atoms with Crippen LogP contribution in [0.2, 0.25) is 0 Å². The van der Waals surface area contributed by atoms with Crippen molar-refractivity contribution < 1.29 is 9.53 Å². The summed E-state index contributed by atoms with van der Waals surface area (Å²) < 4.78 is 6.72. The lowest BCUT2D eigenvalue weighted by Crippen LogP contribution is -2.21. The molecule has 11 heteroatoms.